The van der Waals surface area contributed by atoms with Crippen LogP contribution in [0.4, 0.5) is 0 Å². The molecule has 0 saturated heterocycles. The van der Waals surface area contributed by atoms with Gasteiger partial charge in [0, 0.05) is 23.0 Å². The minimum absolute atomic E-state index is 0.347. The highest BCUT2D eigenvalue weighted by Crippen LogP contribution is 2.47. The molecule has 116 valence electrons. The van der Waals surface area contributed by atoms with Crippen LogP contribution in [0, 0.1) is 0 Å². The van der Waals surface area contributed by atoms with Crippen molar-refractivity contribution in [1.29, 1.82) is 0 Å². The van der Waals surface area contributed by atoms with Gasteiger partial charge in [-0.25, -0.2) is 0 Å². The van der Waals surface area contributed by atoms with E-state index in [-0.39, 0.29) is 0 Å². The van der Waals surface area contributed by atoms with Gasteiger partial charge in [-0.05, 0) is 12.1 Å². The number of hydrogen-bond acceptors (Lipinski definition) is 2. The largest absolute Gasteiger partial charge is 0.314 e. The molecular weight excluding hydrogens is 325 g/mol. The van der Waals surface area contributed by atoms with Crippen LogP contribution in [0.5, 0.6) is 0 Å². The molecule has 1 atom stereocenters. The second-order valence-corrected chi connectivity index (χ2v) is 8.72. The maximum absolute atomic E-state index is 13.9. The van der Waals surface area contributed by atoms with Crippen LogP contribution >= 0.6 is 18.7 Å². The van der Waals surface area contributed by atoms with Gasteiger partial charge < -0.3 is 4.57 Å². The van der Waals surface area contributed by atoms with E-state index in [0.29, 0.717) is 6.16 Å². The van der Waals surface area contributed by atoms with E-state index in [1.54, 1.807) is 6.20 Å². The van der Waals surface area contributed by atoms with E-state index < -0.39 is 12.5 Å². The Labute approximate surface area is 141 Å². The van der Waals surface area contributed by atoms with Crippen LogP contribution in [0.25, 0.3) is 0 Å². The first-order valence-corrected chi connectivity index (χ1v) is 9.78. The molecule has 2 nitrogen and oxygen atoms in total. The summed E-state index contributed by atoms with van der Waals surface area (Å²) in [6, 6.07) is 24.8. The molecule has 0 aliphatic rings. The summed E-state index contributed by atoms with van der Waals surface area (Å²) >= 11 is 6.56. The van der Waals surface area contributed by atoms with Crippen molar-refractivity contribution in [2.75, 3.05) is 6.16 Å². The highest BCUT2D eigenvalue weighted by Gasteiger charge is 2.30. The van der Waals surface area contributed by atoms with Crippen LogP contribution < -0.4 is 10.6 Å². The summed E-state index contributed by atoms with van der Waals surface area (Å²) in [4.78, 5) is 4.30. The van der Waals surface area contributed by atoms with E-state index in [1.165, 1.54) is 0 Å². The summed E-state index contributed by atoms with van der Waals surface area (Å²) in [6.07, 6.45) is 2.06. The lowest BCUT2D eigenvalue weighted by Gasteiger charge is -2.21. The summed E-state index contributed by atoms with van der Waals surface area (Å²) in [5.74, 6) is 0. The Hall–Kier alpha value is -1.89. The first kappa shape index (κ1) is 16.0. The van der Waals surface area contributed by atoms with Gasteiger partial charge in [0.25, 0.3) is 0 Å². The average molecular weight is 342 g/mol. The van der Waals surface area contributed by atoms with Crippen LogP contribution in [0.1, 0.15) is 11.1 Å². The molecule has 0 bridgehead atoms. The van der Waals surface area contributed by atoms with Crippen LogP contribution in [0.3, 0.4) is 0 Å². The highest BCUT2D eigenvalue weighted by atomic mass is 35.5. The Balaban J connectivity index is 2.02. The van der Waals surface area contributed by atoms with Crippen molar-refractivity contribution in [3.8, 4) is 0 Å². The number of nitrogens with zero attached hydrogens (tertiary/aromatic N) is 1. The number of aromatic nitrogens is 1. The van der Waals surface area contributed by atoms with E-state index in [4.69, 9.17) is 11.6 Å². The molecule has 0 aliphatic carbocycles. The first-order chi connectivity index (χ1) is 11.2. The minimum atomic E-state index is -2.82. The van der Waals surface area contributed by atoms with Gasteiger partial charge in [0.2, 0.25) is 0 Å². The summed E-state index contributed by atoms with van der Waals surface area (Å²) in [5.41, 5.74) is 0.751. The molecule has 0 saturated carbocycles. The normalized spacial score (nSPS) is 12.7. The van der Waals surface area contributed by atoms with Gasteiger partial charge in [0.1, 0.15) is 7.14 Å². The van der Waals surface area contributed by atoms with Crippen molar-refractivity contribution in [2.45, 2.75) is 5.38 Å². The van der Waals surface area contributed by atoms with Gasteiger partial charge in [-0.2, -0.15) is 0 Å². The molecule has 1 heterocycles. The number of pyridine rings is 1. The average Bonchev–Trinajstić information content (AvgIpc) is 2.64. The third kappa shape index (κ3) is 3.55. The summed E-state index contributed by atoms with van der Waals surface area (Å²) in [7, 11) is -2.82. The van der Waals surface area contributed by atoms with Crippen molar-refractivity contribution in [3.05, 3.63) is 90.8 Å². The van der Waals surface area contributed by atoms with E-state index in [9.17, 15) is 4.57 Å². The van der Waals surface area contributed by atoms with Crippen molar-refractivity contribution >= 4 is 29.4 Å². The summed E-state index contributed by atoms with van der Waals surface area (Å²) < 4.78 is 13.9. The Morgan fingerprint density at radius 2 is 1.35 bits per heavy atom. The predicted octanol–water partition coefficient (Wildman–Crippen LogP) is 4.38. The van der Waals surface area contributed by atoms with E-state index >= 15 is 0 Å². The molecule has 0 spiro atoms. The number of benzene rings is 2. The lowest BCUT2D eigenvalue weighted by atomic mass is 10.3. The standard InChI is InChI=1S/C19H17ClNOP/c20-18(19-13-7-8-14-21-19)15-23(22,16-9-3-1-4-10-16)17-11-5-2-6-12-17/h1-14,18H,15H2. The van der Waals surface area contributed by atoms with Crippen LogP contribution in [-0.2, 0) is 4.57 Å². The van der Waals surface area contributed by atoms with Crippen LogP contribution in [-0.4, -0.2) is 11.1 Å². The number of halogens is 1. The number of alkyl halides is 1. The topological polar surface area (TPSA) is 30.0 Å². The molecule has 0 N–H and O–H groups in total. The smallest absolute Gasteiger partial charge is 0.145 e. The Bertz CT molecular complexity index is 750. The molecule has 0 fully saturated rings. The Morgan fingerprint density at radius 3 is 1.83 bits per heavy atom. The maximum atomic E-state index is 13.9. The summed E-state index contributed by atoms with van der Waals surface area (Å²) in [6.45, 7) is 0. The van der Waals surface area contributed by atoms with Crippen molar-refractivity contribution in [2.24, 2.45) is 0 Å². The van der Waals surface area contributed by atoms with Gasteiger partial charge in [-0.1, -0.05) is 66.7 Å². The predicted molar refractivity (Wildman–Crippen MR) is 97.5 cm³/mol. The van der Waals surface area contributed by atoms with Crippen molar-refractivity contribution < 1.29 is 4.57 Å². The van der Waals surface area contributed by atoms with Crippen LogP contribution in [0.15, 0.2) is 85.1 Å². The van der Waals surface area contributed by atoms with Gasteiger partial charge in [0.05, 0.1) is 11.1 Å². The molecule has 1 unspecified atom stereocenters. The van der Waals surface area contributed by atoms with Gasteiger partial charge in [-0.3, -0.25) is 4.98 Å². The molecule has 2 aromatic carbocycles. The molecule has 4 heteroatoms. The number of hydrogen-bond donors (Lipinski definition) is 0. The van der Waals surface area contributed by atoms with Crippen molar-refractivity contribution in [1.82, 2.24) is 4.98 Å². The number of rotatable bonds is 5. The molecule has 0 aliphatic heterocycles. The minimum Gasteiger partial charge on any atom is -0.314 e. The molecule has 1 aromatic heterocycles. The highest BCUT2D eigenvalue weighted by molar-refractivity contribution is 7.78. The summed E-state index contributed by atoms with van der Waals surface area (Å²) in [5, 5.41) is 1.25. The fraction of sp³-hybridized carbons (Fsp3) is 0.105. The fourth-order valence-corrected chi connectivity index (χ4v) is 5.96. The monoisotopic (exact) mass is 341 g/mol. The lowest BCUT2D eigenvalue weighted by molar-refractivity contribution is 0.586. The van der Waals surface area contributed by atoms with Crippen molar-refractivity contribution in [3.63, 3.8) is 0 Å². The molecular formula is C19H17ClNOP. The lowest BCUT2D eigenvalue weighted by Crippen LogP contribution is -2.20. The molecule has 0 amide bonds. The molecule has 3 aromatic rings. The SMILES string of the molecule is O=P(CC(Cl)c1ccccn1)(c1ccccc1)c1ccccc1. The zero-order chi connectivity index (χ0) is 16.1. The third-order valence-corrected chi connectivity index (χ3v) is 7.51. The molecule has 0 radical (unpaired) electrons. The Morgan fingerprint density at radius 1 is 0.826 bits per heavy atom. The molecule has 23 heavy (non-hydrogen) atoms. The second-order valence-electron chi connectivity index (χ2n) is 5.32. The van der Waals surface area contributed by atoms with Gasteiger partial charge >= 0.3 is 0 Å². The van der Waals surface area contributed by atoms with E-state index in [2.05, 4.69) is 4.98 Å². The zero-order valence-electron chi connectivity index (χ0n) is 12.5. The fourth-order valence-electron chi connectivity index (χ4n) is 2.58. The Kier molecular flexibility index (Phi) is 4.95. The van der Waals surface area contributed by atoms with E-state index in [0.717, 1.165) is 16.3 Å². The van der Waals surface area contributed by atoms with Gasteiger partial charge in [0.15, 0.2) is 0 Å². The van der Waals surface area contributed by atoms with E-state index in [1.807, 2.05) is 78.9 Å². The third-order valence-electron chi connectivity index (χ3n) is 3.77. The van der Waals surface area contributed by atoms with Crippen LogP contribution in [0.2, 0.25) is 0 Å². The second kappa shape index (κ2) is 7.12. The first-order valence-electron chi connectivity index (χ1n) is 7.45. The molecule has 3 rings (SSSR count). The zero-order valence-corrected chi connectivity index (χ0v) is 14.2. The van der Waals surface area contributed by atoms with Gasteiger partial charge in [-0.15, -0.1) is 11.6 Å². The quantitative estimate of drug-likeness (QED) is 0.509. The maximum Gasteiger partial charge on any atom is 0.145 e.